The Labute approximate surface area is 127 Å². The minimum atomic E-state index is -0.0704. The molecule has 1 aromatic carbocycles. The number of anilines is 2. The van der Waals surface area contributed by atoms with Gasteiger partial charge < -0.3 is 15.8 Å². The molecule has 0 radical (unpaired) electrons. The minimum Gasteiger partial charge on any atom is -0.495 e. The van der Waals surface area contributed by atoms with Crippen LogP contribution in [-0.2, 0) is 12.8 Å². The van der Waals surface area contributed by atoms with Gasteiger partial charge in [0, 0.05) is 10.6 Å². The SMILES string of the molecule is COc1ccc(NC(=O)c2cc3c(s2)CCCC3)cc1N. The molecule has 0 saturated heterocycles. The summed E-state index contributed by atoms with van der Waals surface area (Å²) in [5.74, 6) is 0.540. The van der Waals surface area contributed by atoms with Crippen LogP contribution < -0.4 is 15.8 Å². The summed E-state index contributed by atoms with van der Waals surface area (Å²) in [7, 11) is 1.57. The van der Waals surface area contributed by atoms with Gasteiger partial charge in [0.25, 0.3) is 5.91 Å². The highest BCUT2D eigenvalue weighted by molar-refractivity contribution is 7.14. The second-order valence-electron chi connectivity index (χ2n) is 5.18. The van der Waals surface area contributed by atoms with E-state index in [-0.39, 0.29) is 5.91 Å². The van der Waals surface area contributed by atoms with Crippen LogP contribution in [0.4, 0.5) is 11.4 Å². The summed E-state index contributed by atoms with van der Waals surface area (Å²) in [6.07, 6.45) is 4.64. The van der Waals surface area contributed by atoms with Crippen molar-refractivity contribution in [3.63, 3.8) is 0 Å². The Hall–Kier alpha value is -2.01. The number of carbonyl (C=O) groups excluding carboxylic acids is 1. The molecule has 110 valence electrons. The van der Waals surface area contributed by atoms with E-state index in [1.165, 1.54) is 23.3 Å². The van der Waals surface area contributed by atoms with Gasteiger partial charge in [-0.3, -0.25) is 4.79 Å². The first-order valence-electron chi connectivity index (χ1n) is 7.04. The molecule has 2 aromatic rings. The predicted molar refractivity (Wildman–Crippen MR) is 86.3 cm³/mol. The molecule has 3 N–H and O–H groups in total. The number of nitrogens with one attached hydrogen (secondary N) is 1. The smallest absolute Gasteiger partial charge is 0.265 e. The summed E-state index contributed by atoms with van der Waals surface area (Å²) in [5, 5.41) is 2.90. The van der Waals surface area contributed by atoms with Crippen molar-refractivity contribution in [3.8, 4) is 5.75 Å². The van der Waals surface area contributed by atoms with Crippen molar-refractivity contribution in [3.05, 3.63) is 39.6 Å². The second-order valence-corrected chi connectivity index (χ2v) is 6.31. The maximum Gasteiger partial charge on any atom is 0.265 e. The van der Waals surface area contributed by atoms with Gasteiger partial charge in [-0.05, 0) is 55.5 Å². The van der Waals surface area contributed by atoms with Crippen molar-refractivity contribution in [1.82, 2.24) is 0 Å². The number of rotatable bonds is 3. The lowest BCUT2D eigenvalue weighted by Crippen LogP contribution is -2.10. The first-order valence-corrected chi connectivity index (χ1v) is 7.85. The number of fused-ring (bicyclic) bond motifs is 1. The third-order valence-electron chi connectivity index (χ3n) is 3.71. The number of methoxy groups -OCH3 is 1. The summed E-state index contributed by atoms with van der Waals surface area (Å²) in [6, 6.07) is 7.29. The second kappa shape index (κ2) is 5.77. The van der Waals surface area contributed by atoms with Gasteiger partial charge in [-0.2, -0.15) is 0 Å². The van der Waals surface area contributed by atoms with E-state index in [1.54, 1.807) is 36.6 Å². The van der Waals surface area contributed by atoms with Crippen LogP contribution in [0.15, 0.2) is 24.3 Å². The van der Waals surface area contributed by atoms with Gasteiger partial charge in [0.15, 0.2) is 0 Å². The van der Waals surface area contributed by atoms with E-state index in [1.807, 2.05) is 6.07 Å². The van der Waals surface area contributed by atoms with Crippen LogP contribution in [0.25, 0.3) is 0 Å². The Bertz CT molecular complexity index is 655. The van der Waals surface area contributed by atoms with Crippen molar-refractivity contribution in [2.45, 2.75) is 25.7 Å². The molecule has 0 spiro atoms. The van der Waals surface area contributed by atoms with Gasteiger partial charge in [-0.1, -0.05) is 0 Å². The quantitative estimate of drug-likeness (QED) is 0.853. The summed E-state index contributed by atoms with van der Waals surface area (Å²) >= 11 is 1.61. The van der Waals surface area contributed by atoms with Crippen LogP contribution in [0.2, 0.25) is 0 Å². The number of thiophene rings is 1. The van der Waals surface area contributed by atoms with Gasteiger partial charge >= 0.3 is 0 Å². The van der Waals surface area contributed by atoms with Crippen molar-refractivity contribution in [2.75, 3.05) is 18.2 Å². The summed E-state index contributed by atoms with van der Waals surface area (Å²) < 4.78 is 5.11. The molecule has 1 aromatic heterocycles. The van der Waals surface area contributed by atoms with Gasteiger partial charge in [0.05, 0.1) is 17.7 Å². The minimum absolute atomic E-state index is 0.0704. The average Bonchev–Trinajstić information content (AvgIpc) is 2.91. The van der Waals surface area contributed by atoms with E-state index >= 15 is 0 Å². The van der Waals surface area contributed by atoms with Crippen molar-refractivity contribution < 1.29 is 9.53 Å². The first-order chi connectivity index (χ1) is 10.2. The number of hydrogen-bond acceptors (Lipinski definition) is 4. The Balaban J connectivity index is 1.77. The standard InChI is InChI=1S/C16H18N2O2S/c1-20-13-7-6-11(9-12(13)17)18-16(19)15-8-10-4-2-3-5-14(10)21-15/h6-9H,2-5,17H2,1H3,(H,18,19). The van der Waals surface area contributed by atoms with Crippen LogP contribution in [0, 0.1) is 0 Å². The van der Waals surface area contributed by atoms with Crippen LogP contribution in [0.5, 0.6) is 5.75 Å². The molecule has 1 amide bonds. The van der Waals surface area contributed by atoms with E-state index in [0.717, 1.165) is 17.7 Å². The number of nitrogens with two attached hydrogens (primary N) is 1. The van der Waals surface area contributed by atoms with E-state index in [0.29, 0.717) is 17.1 Å². The van der Waals surface area contributed by atoms with Gasteiger partial charge in [-0.25, -0.2) is 0 Å². The van der Waals surface area contributed by atoms with Gasteiger partial charge in [0.1, 0.15) is 5.75 Å². The molecule has 0 aliphatic heterocycles. The molecule has 4 nitrogen and oxygen atoms in total. The van der Waals surface area contributed by atoms with Gasteiger partial charge in [-0.15, -0.1) is 11.3 Å². The average molecular weight is 302 g/mol. The van der Waals surface area contributed by atoms with Crippen LogP contribution in [-0.4, -0.2) is 13.0 Å². The largest absolute Gasteiger partial charge is 0.495 e. The van der Waals surface area contributed by atoms with Crippen molar-refractivity contribution in [2.24, 2.45) is 0 Å². The fourth-order valence-electron chi connectivity index (χ4n) is 2.61. The van der Waals surface area contributed by atoms with Gasteiger partial charge in [0.2, 0.25) is 0 Å². The zero-order valence-electron chi connectivity index (χ0n) is 11.9. The Morgan fingerprint density at radius 2 is 2.10 bits per heavy atom. The molecule has 21 heavy (non-hydrogen) atoms. The Morgan fingerprint density at radius 1 is 1.29 bits per heavy atom. The third-order valence-corrected chi connectivity index (χ3v) is 4.94. The zero-order chi connectivity index (χ0) is 14.8. The monoisotopic (exact) mass is 302 g/mol. The molecule has 0 atom stereocenters. The zero-order valence-corrected chi connectivity index (χ0v) is 12.8. The molecule has 0 fully saturated rings. The maximum atomic E-state index is 12.3. The number of nitrogen functional groups attached to an aromatic ring is 1. The molecule has 0 bridgehead atoms. The Kier molecular flexibility index (Phi) is 3.84. The molecule has 1 aliphatic rings. The molecule has 1 heterocycles. The molecule has 1 aliphatic carbocycles. The topological polar surface area (TPSA) is 64.3 Å². The number of amides is 1. The Morgan fingerprint density at radius 3 is 2.81 bits per heavy atom. The summed E-state index contributed by atoms with van der Waals surface area (Å²) in [5.41, 5.74) is 8.39. The molecule has 0 saturated carbocycles. The van der Waals surface area contributed by atoms with E-state index < -0.39 is 0 Å². The highest BCUT2D eigenvalue weighted by Gasteiger charge is 2.17. The van der Waals surface area contributed by atoms with E-state index in [2.05, 4.69) is 5.32 Å². The maximum absolute atomic E-state index is 12.3. The number of ether oxygens (including phenoxy) is 1. The van der Waals surface area contributed by atoms with Crippen LogP contribution >= 0.6 is 11.3 Å². The highest BCUT2D eigenvalue weighted by atomic mass is 32.1. The first kappa shape index (κ1) is 13.9. The lowest BCUT2D eigenvalue weighted by atomic mass is 9.99. The van der Waals surface area contributed by atoms with Crippen LogP contribution in [0.3, 0.4) is 0 Å². The fraction of sp³-hybridized carbons (Fsp3) is 0.312. The van der Waals surface area contributed by atoms with Crippen molar-refractivity contribution in [1.29, 1.82) is 0 Å². The number of hydrogen-bond donors (Lipinski definition) is 2. The molecule has 3 rings (SSSR count). The lowest BCUT2D eigenvalue weighted by Gasteiger charge is -2.08. The molecular weight excluding hydrogens is 284 g/mol. The predicted octanol–water partition coefficient (Wildman–Crippen LogP) is 3.47. The fourth-order valence-corrected chi connectivity index (χ4v) is 3.76. The number of benzene rings is 1. The van der Waals surface area contributed by atoms with Crippen LogP contribution in [0.1, 0.15) is 33.0 Å². The number of carbonyl (C=O) groups is 1. The molecule has 5 heteroatoms. The third kappa shape index (κ3) is 2.88. The summed E-state index contributed by atoms with van der Waals surface area (Å²) in [6.45, 7) is 0. The highest BCUT2D eigenvalue weighted by Crippen LogP contribution is 2.30. The summed E-state index contributed by atoms with van der Waals surface area (Å²) in [4.78, 5) is 14.5. The molecular formula is C16H18N2O2S. The number of aryl methyl sites for hydroxylation is 2. The van der Waals surface area contributed by atoms with E-state index in [9.17, 15) is 4.79 Å². The van der Waals surface area contributed by atoms with Crippen molar-refractivity contribution >= 4 is 28.6 Å². The van der Waals surface area contributed by atoms with E-state index in [4.69, 9.17) is 10.5 Å². The molecule has 0 unspecified atom stereocenters. The normalized spacial score (nSPS) is 13.6. The lowest BCUT2D eigenvalue weighted by molar-refractivity contribution is 0.103.